The van der Waals surface area contributed by atoms with Gasteiger partial charge in [0.05, 0.1) is 17.4 Å². The zero-order valence-corrected chi connectivity index (χ0v) is 14.2. The van der Waals surface area contributed by atoms with E-state index < -0.39 is 39.4 Å². The van der Waals surface area contributed by atoms with Crippen LogP contribution in [0.2, 0.25) is 0 Å². The van der Waals surface area contributed by atoms with E-state index in [1.165, 1.54) is 29.5 Å². The number of carbonyl (C=O) groups is 1. The Morgan fingerprint density at radius 1 is 1.40 bits per heavy atom. The molecule has 0 saturated carbocycles. The van der Waals surface area contributed by atoms with Crippen LogP contribution in [0.3, 0.4) is 0 Å². The fourth-order valence-electron chi connectivity index (χ4n) is 2.39. The van der Waals surface area contributed by atoms with Gasteiger partial charge in [0, 0.05) is 23.9 Å². The molecule has 1 amide bonds. The Bertz CT molecular complexity index is 845. The van der Waals surface area contributed by atoms with Crippen molar-refractivity contribution in [2.75, 3.05) is 5.75 Å². The monoisotopic (exact) mass is 373 g/mol. The van der Waals surface area contributed by atoms with Gasteiger partial charge in [-0.1, -0.05) is 0 Å². The smallest absolute Gasteiger partial charge is 0.250 e. The van der Waals surface area contributed by atoms with Gasteiger partial charge in [0.1, 0.15) is 22.3 Å². The Balaban J connectivity index is 2.17. The van der Waals surface area contributed by atoms with Gasteiger partial charge in [-0.3, -0.25) is 14.7 Å². The number of halogens is 2. The van der Waals surface area contributed by atoms with Gasteiger partial charge >= 0.3 is 0 Å². The molecule has 2 aromatic rings. The molecule has 10 heteroatoms. The molecule has 0 spiro atoms. The predicted octanol–water partition coefficient (Wildman–Crippen LogP) is 1.34. The van der Waals surface area contributed by atoms with Crippen LogP contribution in [-0.2, 0) is 22.0 Å². The first-order chi connectivity index (χ1) is 11.7. The van der Waals surface area contributed by atoms with E-state index >= 15 is 0 Å². The molecule has 1 atom stereocenters. The van der Waals surface area contributed by atoms with Crippen LogP contribution in [0.15, 0.2) is 30.6 Å². The molecule has 0 bridgehead atoms. The van der Waals surface area contributed by atoms with Crippen molar-refractivity contribution in [1.82, 2.24) is 15.3 Å². The first-order valence-electron chi connectivity index (χ1n) is 7.29. The number of rotatable bonds is 7. The number of amides is 1. The molecule has 25 heavy (non-hydrogen) atoms. The maximum atomic E-state index is 13.8. The van der Waals surface area contributed by atoms with Gasteiger partial charge in [-0.15, -0.1) is 0 Å². The predicted molar refractivity (Wildman–Crippen MR) is 85.4 cm³/mol. The van der Waals surface area contributed by atoms with E-state index in [-0.39, 0.29) is 18.5 Å². The second kappa shape index (κ2) is 7.70. The second-order valence-electron chi connectivity index (χ2n) is 5.86. The molecule has 1 heterocycles. The summed E-state index contributed by atoms with van der Waals surface area (Å²) in [4.78, 5) is 11.7. The number of nitrogens with one attached hydrogen (secondary N) is 1. The minimum absolute atomic E-state index is 0.0461. The van der Waals surface area contributed by atoms with Crippen LogP contribution in [0, 0.1) is 17.0 Å². The van der Waals surface area contributed by atoms with Crippen molar-refractivity contribution in [1.29, 1.82) is 0 Å². The molecular formula is C15H17F2N3O4S. The summed E-state index contributed by atoms with van der Waals surface area (Å²) in [7, 11) is -2.84. The van der Waals surface area contributed by atoms with Crippen molar-refractivity contribution >= 4 is 16.6 Å². The maximum Gasteiger partial charge on any atom is 0.250 e. The fraction of sp³-hybridized carbons (Fsp3) is 0.333. The number of aromatic nitrogens is 2. The molecule has 0 fully saturated rings. The highest BCUT2D eigenvalue weighted by Crippen LogP contribution is 2.26. The van der Waals surface area contributed by atoms with Crippen LogP contribution in [0.5, 0.6) is 0 Å². The van der Waals surface area contributed by atoms with Crippen molar-refractivity contribution in [2.24, 2.45) is 5.41 Å². The van der Waals surface area contributed by atoms with Crippen LogP contribution in [0.1, 0.15) is 13.3 Å². The molecule has 1 aromatic carbocycles. The van der Waals surface area contributed by atoms with Crippen molar-refractivity contribution in [3.8, 4) is 11.1 Å². The van der Waals surface area contributed by atoms with Gasteiger partial charge in [-0.2, -0.15) is 5.10 Å². The number of nitrogens with zero attached hydrogens (tertiary/aromatic N) is 2. The number of aryl methyl sites for hydroxylation is 1. The zero-order valence-electron chi connectivity index (χ0n) is 13.3. The molecule has 7 nitrogen and oxygen atoms in total. The SMILES string of the molecule is CC(CCn1cc(-c2cc(F)ccc2F)cn1)(C[SH](=O)=O)C(=O)NO. The van der Waals surface area contributed by atoms with Crippen molar-refractivity contribution < 1.29 is 27.2 Å². The van der Waals surface area contributed by atoms with Crippen LogP contribution < -0.4 is 5.48 Å². The van der Waals surface area contributed by atoms with Gasteiger partial charge in [-0.05, 0) is 31.5 Å². The summed E-state index contributed by atoms with van der Waals surface area (Å²) in [5.74, 6) is -2.46. The summed E-state index contributed by atoms with van der Waals surface area (Å²) in [5, 5.41) is 12.8. The lowest BCUT2D eigenvalue weighted by molar-refractivity contribution is -0.138. The molecule has 136 valence electrons. The van der Waals surface area contributed by atoms with Gasteiger partial charge in [0.25, 0.3) is 0 Å². The van der Waals surface area contributed by atoms with E-state index in [1.54, 1.807) is 0 Å². The molecule has 0 aliphatic rings. The van der Waals surface area contributed by atoms with E-state index in [9.17, 15) is 22.0 Å². The third-order valence-electron chi connectivity index (χ3n) is 3.89. The number of hydroxylamine groups is 1. The highest BCUT2D eigenvalue weighted by atomic mass is 32.2. The normalized spacial score (nSPS) is 13.6. The third-order valence-corrected chi connectivity index (χ3v) is 4.85. The van der Waals surface area contributed by atoms with E-state index in [1.807, 2.05) is 0 Å². The summed E-state index contributed by atoms with van der Waals surface area (Å²) in [6.07, 6.45) is 2.87. The van der Waals surface area contributed by atoms with Crippen molar-refractivity contribution in [3.05, 3.63) is 42.2 Å². The first-order valence-corrected chi connectivity index (χ1v) is 8.65. The molecule has 0 aliphatic heterocycles. The Morgan fingerprint density at radius 3 is 2.76 bits per heavy atom. The number of hydrogen-bond acceptors (Lipinski definition) is 5. The summed E-state index contributed by atoms with van der Waals surface area (Å²) in [6, 6.07) is 3.06. The summed E-state index contributed by atoms with van der Waals surface area (Å²) < 4.78 is 50.4. The van der Waals surface area contributed by atoms with Crippen LogP contribution in [0.4, 0.5) is 8.78 Å². The lowest BCUT2D eigenvalue weighted by atomic mass is 9.88. The molecule has 1 aromatic heterocycles. The maximum absolute atomic E-state index is 13.8. The summed E-state index contributed by atoms with van der Waals surface area (Å²) in [5.41, 5.74) is 0.511. The Labute approximate surface area is 144 Å². The van der Waals surface area contributed by atoms with Gasteiger partial charge in [0.2, 0.25) is 5.91 Å². The summed E-state index contributed by atoms with van der Waals surface area (Å²) >= 11 is 0. The minimum atomic E-state index is -2.84. The Hall–Kier alpha value is -2.33. The van der Waals surface area contributed by atoms with Gasteiger partial charge in [0.15, 0.2) is 0 Å². The van der Waals surface area contributed by atoms with Crippen LogP contribution in [0.25, 0.3) is 11.1 Å². The highest BCUT2D eigenvalue weighted by molar-refractivity contribution is 7.72. The molecular weight excluding hydrogens is 356 g/mol. The number of hydrogen-bond donors (Lipinski definition) is 3. The van der Waals surface area contributed by atoms with E-state index in [0.717, 1.165) is 18.2 Å². The minimum Gasteiger partial charge on any atom is -0.289 e. The molecule has 0 radical (unpaired) electrons. The van der Waals surface area contributed by atoms with E-state index in [2.05, 4.69) is 5.10 Å². The van der Waals surface area contributed by atoms with Crippen molar-refractivity contribution in [3.63, 3.8) is 0 Å². The van der Waals surface area contributed by atoms with Crippen LogP contribution in [-0.4, -0.2) is 35.1 Å². The van der Waals surface area contributed by atoms with E-state index in [0.29, 0.717) is 5.56 Å². The molecule has 2 N–H and O–H groups in total. The van der Waals surface area contributed by atoms with Gasteiger partial charge < -0.3 is 0 Å². The number of benzene rings is 1. The van der Waals surface area contributed by atoms with Gasteiger partial charge in [-0.25, -0.2) is 22.7 Å². The lowest BCUT2D eigenvalue weighted by Crippen LogP contribution is -2.41. The third kappa shape index (κ3) is 4.60. The second-order valence-corrected chi connectivity index (χ2v) is 6.84. The van der Waals surface area contributed by atoms with E-state index in [4.69, 9.17) is 5.21 Å². The first kappa shape index (κ1) is 19.0. The Morgan fingerprint density at radius 2 is 2.12 bits per heavy atom. The quantitative estimate of drug-likeness (QED) is 0.386. The molecule has 0 aliphatic carbocycles. The topological polar surface area (TPSA) is 101 Å². The number of thiol groups is 1. The average molecular weight is 373 g/mol. The number of carbonyl (C=O) groups excluding carboxylic acids is 1. The zero-order chi connectivity index (χ0) is 18.6. The highest BCUT2D eigenvalue weighted by Gasteiger charge is 2.34. The molecule has 2 rings (SSSR count). The fourth-order valence-corrected chi connectivity index (χ4v) is 3.26. The summed E-state index contributed by atoms with van der Waals surface area (Å²) in [6.45, 7) is 1.55. The standard InChI is InChI=1S/C15H17F2N3O4S/c1-15(9-25(23)24,14(21)19-22)4-5-20-8-10(7-18-20)12-6-11(16)2-3-13(12)17/h2-3,6-8,22,25H,4-5,9H2,1H3,(H,19,21). The Kier molecular flexibility index (Phi) is 5.85. The van der Waals surface area contributed by atoms with Crippen molar-refractivity contribution in [2.45, 2.75) is 19.9 Å². The largest absolute Gasteiger partial charge is 0.289 e. The lowest BCUT2D eigenvalue weighted by Gasteiger charge is -2.24. The molecule has 1 unspecified atom stereocenters. The van der Waals surface area contributed by atoms with Crippen LogP contribution >= 0.6 is 0 Å². The average Bonchev–Trinajstić information content (AvgIpc) is 3.02. The molecule has 0 saturated heterocycles.